The van der Waals surface area contributed by atoms with Gasteiger partial charge in [0.1, 0.15) is 12.4 Å². The summed E-state index contributed by atoms with van der Waals surface area (Å²) in [5.74, 6) is 0.874. The summed E-state index contributed by atoms with van der Waals surface area (Å²) in [6.45, 7) is 1.28. The van der Waals surface area contributed by atoms with Crippen LogP contribution >= 0.6 is 0 Å². The third-order valence-corrected chi connectivity index (χ3v) is 2.98. The summed E-state index contributed by atoms with van der Waals surface area (Å²) in [6, 6.07) is 15.6. The van der Waals surface area contributed by atoms with Crippen molar-refractivity contribution >= 4 is 16.6 Å². The van der Waals surface area contributed by atoms with Crippen molar-refractivity contribution in [2.24, 2.45) is 0 Å². The van der Waals surface area contributed by atoms with E-state index in [4.69, 9.17) is 10.5 Å². The Bertz CT molecular complexity index is 676. The summed E-state index contributed by atoms with van der Waals surface area (Å²) in [5.41, 5.74) is 7.59. The fraction of sp³-hybridized carbons (Fsp3) is 0.133. The van der Waals surface area contributed by atoms with E-state index in [-0.39, 0.29) is 0 Å². The SMILES string of the molecule is Nc1ccc2cnn(CCOc3ccccc3)c2c1. The number of nitrogens with two attached hydrogens (primary N) is 1. The molecular weight excluding hydrogens is 238 g/mol. The molecule has 0 bridgehead atoms. The van der Waals surface area contributed by atoms with Crippen LogP contribution in [0.5, 0.6) is 5.75 Å². The predicted octanol–water partition coefficient (Wildman–Crippen LogP) is 2.70. The van der Waals surface area contributed by atoms with Crippen LogP contribution < -0.4 is 10.5 Å². The number of anilines is 1. The topological polar surface area (TPSA) is 53.1 Å². The Labute approximate surface area is 111 Å². The van der Waals surface area contributed by atoms with Crippen LogP contribution in [0.3, 0.4) is 0 Å². The van der Waals surface area contributed by atoms with Crippen LogP contribution in [-0.2, 0) is 6.54 Å². The third kappa shape index (κ3) is 2.52. The molecule has 2 aromatic carbocycles. The summed E-state index contributed by atoms with van der Waals surface area (Å²) < 4.78 is 7.58. The van der Waals surface area contributed by atoms with Crippen LogP contribution in [-0.4, -0.2) is 16.4 Å². The molecule has 1 aromatic heterocycles. The van der Waals surface area contributed by atoms with E-state index < -0.39 is 0 Å². The number of fused-ring (bicyclic) bond motifs is 1. The fourth-order valence-corrected chi connectivity index (χ4v) is 2.03. The van der Waals surface area contributed by atoms with Crippen molar-refractivity contribution in [3.05, 3.63) is 54.7 Å². The molecule has 0 fully saturated rings. The van der Waals surface area contributed by atoms with Gasteiger partial charge in [0, 0.05) is 11.1 Å². The molecular formula is C15H15N3O. The summed E-state index contributed by atoms with van der Waals surface area (Å²) in [6.07, 6.45) is 1.84. The van der Waals surface area contributed by atoms with Crippen LogP contribution in [0.4, 0.5) is 5.69 Å². The van der Waals surface area contributed by atoms with Crippen molar-refractivity contribution in [2.45, 2.75) is 6.54 Å². The Morgan fingerprint density at radius 1 is 1.11 bits per heavy atom. The molecule has 3 aromatic rings. The molecule has 0 radical (unpaired) electrons. The van der Waals surface area contributed by atoms with Gasteiger partial charge in [-0.15, -0.1) is 0 Å². The fourth-order valence-electron chi connectivity index (χ4n) is 2.03. The van der Waals surface area contributed by atoms with Crippen molar-refractivity contribution in [1.82, 2.24) is 9.78 Å². The largest absolute Gasteiger partial charge is 0.492 e. The van der Waals surface area contributed by atoms with Crippen LogP contribution in [0.25, 0.3) is 10.9 Å². The van der Waals surface area contributed by atoms with E-state index >= 15 is 0 Å². The molecule has 0 aliphatic heterocycles. The van der Waals surface area contributed by atoms with Crippen LogP contribution in [0, 0.1) is 0 Å². The average molecular weight is 253 g/mol. The molecule has 1 heterocycles. The van der Waals surface area contributed by atoms with E-state index in [0.29, 0.717) is 13.2 Å². The van der Waals surface area contributed by atoms with Gasteiger partial charge in [0.15, 0.2) is 0 Å². The van der Waals surface area contributed by atoms with Gasteiger partial charge in [-0.3, -0.25) is 4.68 Å². The normalized spacial score (nSPS) is 10.7. The highest BCUT2D eigenvalue weighted by Crippen LogP contribution is 2.17. The smallest absolute Gasteiger partial charge is 0.119 e. The highest BCUT2D eigenvalue weighted by molar-refractivity contribution is 5.81. The van der Waals surface area contributed by atoms with Gasteiger partial charge in [0.2, 0.25) is 0 Å². The zero-order chi connectivity index (χ0) is 13.1. The molecule has 0 spiro atoms. The van der Waals surface area contributed by atoms with Gasteiger partial charge in [0.05, 0.1) is 18.3 Å². The molecule has 0 saturated carbocycles. The van der Waals surface area contributed by atoms with E-state index in [1.165, 1.54) is 0 Å². The lowest BCUT2D eigenvalue weighted by atomic mass is 10.2. The Morgan fingerprint density at radius 2 is 1.95 bits per heavy atom. The van der Waals surface area contributed by atoms with Gasteiger partial charge in [-0.05, 0) is 30.3 Å². The first kappa shape index (κ1) is 11.6. The molecule has 0 atom stereocenters. The Morgan fingerprint density at radius 3 is 2.79 bits per heavy atom. The maximum absolute atomic E-state index is 5.80. The first-order valence-electron chi connectivity index (χ1n) is 6.22. The van der Waals surface area contributed by atoms with Gasteiger partial charge in [-0.1, -0.05) is 18.2 Å². The molecule has 0 aliphatic carbocycles. The summed E-state index contributed by atoms with van der Waals surface area (Å²) in [4.78, 5) is 0. The lowest BCUT2D eigenvalue weighted by Gasteiger charge is -2.07. The number of nitrogens with zero attached hydrogens (tertiary/aromatic N) is 2. The van der Waals surface area contributed by atoms with E-state index in [0.717, 1.165) is 22.3 Å². The minimum Gasteiger partial charge on any atom is -0.492 e. The van der Waals surface area contributed by atoms with Crippen molar-refractivity contribution in [3.8, 4) is 5.75 Å². The molecule has 0 unspecified atom stereocenters. The summed E-state index contributed by atoms with van der Waals surface area (Å²) in [7, 11) is 0. The van der Waals surface area contributed by atoms with E-state index in [2.05, 4.69) is 5.10 Å². The zero-order valence-electron chi connectivity index (χ0n) is 10.5. The van der Waals surface area contributed by atoms with Gasteiger partial charge in [0.25, 0.3) is 0 Å². The van der Waals surface area contributed by atoms with Crippen molar-refractivity contribution in [1.29, 1.82) is 0 Å². The maximum atomic E-state index is 5.80. The average Bonchev–Trinajstić information content (AvgIpc) is 2.83. The van der Waals surface area contributed by atoms with Crippen LogP contribution in [0.1, 0.15) is 0 Å². The molecule has 2 N–H and O–H groups in total. The molecule has 0 amide bonds. The Balaban J connectivity index is 1.70. The second kappa shape index (κ2) is 5.02. The Kier molecular flexibility index (Phi) is 3.06. The van der Waals surface area contributed by atoms with Crippen molar-refractivity contribution in [3.63, 3.8) is 0 Å². The molecule has 4 heteroatoms. The van der Waals surface area contributed by atoms with Crippen LogP contribution in [0.2, 0.25) is 0 Å². The van der Waals surface area contributed by atoms with E-state index in [1.807, 2.05) is 59.4 Å². The zero-order valence-corrected chi connectivity index (χ0v) is 10.5. The molecule has 3 rings (SSSR count). The van der Waals surface area contributed by atoms with Crippen molar-refractivity contribution < 1.29 is 4.74 Å². The third-order valence-electron chi connectivity index (χ3n) is 2.98. The molecule has 19 heavy (non-hydrogen) atoms. The lowest BCUT2D eigenvalue weighted by Crippen LogP contribution is -2.09. The maximum Gasteiger partial charge on any atom is 0.119 e. The number of benzene rings is 2. The van der Waals surface area contributed by atoms with Gasteiger partial charge in [-0.2, -0.15) is 5.10 Å². The number of hydrogen-bond acceptors (Lipinski definition) is 3. The number of nitrogen functional groups attached to an aromatic ring is 1. The monoisotopic (exact) mass is 253 g/mol. The quantitative estimate of drug-likeness (QED) is 0.727. The van der Waals surface area contributed by atoms with E-state index in [1.54, 1.807) is 0 Å². The second-order valence-electron chi connectivity index (χ2n) is 4.35. The summed E-state index contributed by atoms with van der Waals surface area (Å²) >= 11 is 0. The molecule has 4 nitrogen and oxygen atoms in total. The van der Waals surface area contributed by atoms with Gasteiger partial charge < -0.3 is 10.5 Å². The highest BCUT2D eigenvalue weighted by Gasteiger charge is 2.03. The molecule has 0 saturated heterocycles. The number of para-hydroxylation sites is 1. The van der Waals surface area contributed by atoms with E-state index in [9.17, 15) is 0 Å². The summed E-state index contributed by atoms with van der Waals surface area (Å²) in [5, 5.41) is 5.44. The Hall–Kier alpha value is -2.49. The lowest BCUT2D eigenvalue weighted by molar-refractivity contribution is 0.294. The second-order valence-corrected chi connectivity index (χ2v) is 4.35. The standard InChI is InChI=1S/C15H15N3O/c16-13-7-6-12-11-17-18(15(12)10-13)8-9-19-14-4-2-1-3-5-14/h1-7,10-11H,8-9,16H2. The minimum atomic E-state index is 0.579. The van der Waals surface area contributed by atoms with Crippen molar-refractivity contribution in [2.75, 3.05) is 12.3 Å². The highest BCUT2D eigenvalue weighted by atomic mass is 16.5. The first-order valence-corrected chi connectivity index (χ1v) is 6.22. The first-order chi connectivity index (χ1) is 9.33. The number of aromatic nitrogens is 2. The van der Waals surface area contributed by atoms with Gasteiger partial charge >= 0.3 is 0 Å². The molecule has 0 aliphatic rings. The number of rotatable bonds is 4. The predicted molar refractivity (Wildman–Crippen MR) is 76.1 cm³/mol. The number of ether oxygens (including phenoxy) is 1. The van der Waals surface area contributed by atoms with Gasteiger partial charge in [-0.25, -0.2) is 0 Å². The minimum absolute atomic E-state index is 0.579. The van der Waals surface area contributed by atoms with Crippen LogP contribution in [0.15, 0.2) is 54.7 Å². The molecule has 96 valence electrons. The number of hydrogen-bond donors (Lipinski definition) is 1.